The van der Waals surface area contributed by atoms with Crippen molar-refractivity contribution in [2.45, 2.75) is 51.1 Å². The van der Waals surface area contributed by atoms with Gasteiger partial charge in [0.1, 0.15) is 24.0 Å². The van der Waals surface area contributed by atoms with Crippen LogP contribution in [-0.2, 0) is 0 Å². The van der Waals surface area contributed by atoms with E-state index in [4.69, 9.17) is 4.98 Å². The van der Waals surface area contributed by atoms with E-state index in [2.05, 4.69) is 37.3 Å². The SMILES string of the molecule is CC[C@@H]1c2nncn2-c2cnc(-n3cnc(C(=O)NC)c3)nc2N1C1CCCC1. The quantitative estimate of drug-likeness (QED) is 0.720. The molecular formula is C19H23N9O. The predicted octanol–water partition coefficient (Wildman–Crippen LogP) is 1.82. The van der Waals surface area contributed by atoms with Crippen molar-refractivity contribution in [1.82, 2.24) is 39.6 Å². The summed E-state index contributed by atoms with van der Waals surface area (Å²) in [6, 6.07) is 0.552. The van der Waals surface area contributed by atoms with Gasteiger partial charge in [0.25, 0.3) is 5.91 Å². The van der Waals surface area contributed by atoms with Gasteiger partial charge in [0, 0.05) is 19.3 Å². The Balaban J connectivity index is 1.63. The maximum atomic E-state index is 11.9. The number of anilines is 1. The number of hydrogen-bond donors (Lipinski definition) is 1. The molecule has 1 amide bonds. The first-order valence-corrected chi connectivity index (χ1v) is 10.0. The Morgan fingerprint density at radius 2 is 2.07 bits per heavy atom. The summed E-state index contributed by atoms with van der Waals surface area (Å²) >= 11 is 0. The van der Waals surface area contributed by atoms with Crippen molar-refractivity contribution >= 4 is 11.7 Å². The average Bonchev–Trinajstić information content (AvgIpc) is 3.52. The Kier molecular flexibility index (Phi) is 4.26. The summed E-state index contributed by atoms with van der Waals surface area (Å²) in [5, 5.41) is 11.1. The van der Waals surface area contributed by atoms with Crippen LogP contribution >= 0.6 is 0 Å². The fraction of sp³-hybridized carbons (Fsp3) is 0.474. The molecule has 0 saturated heterocycles. The first-order valence-electron chi connectivity index (χ1n) is 10.0. The van der Waals surface area contributed by atoms with Crippen LogP contribution in [0.1, 0.15) is 61.4 Å². The smallest absolute Gasteiger partial charge is 0.271 e. The summed E-state index contributed by atoms with van der Waals surface area (Å²) < 4.78 is 3.67. The van der Waals surface area contributed by atoms with Gasteiger partial charge >= 0.3 is 0 Å². The van der Waals surface area contributed by atoms with Crippen molar-refractivity contribution in [1.29, 1.82) is 0 Å². The molecule has 0 unspecified atom stereocenters. The molecule has 5 rings (SSSR count). The van der Waals surface area contributed by atoms with Crippen molar-refractivity contribution in [3.05, 3.63) is 36.6 Å². The van der Waals surface area contributed by atoms with Gasteiger partial charge in [-0.05, 0) is 19.3 Å². The molecule has 1 saturated carbocycles. The molecule has 29 heavy (non-hydrogen) atoms. The highest BCUT2D eigenvalue weighted by Gasteiger charge is 2.38. The number of fused-ring (bicyclic) bond motifs is 3. The molecule has 0 spiro atoms. The van der Waals surface area contributed by atoms with E-state index in [1.54, 1.807) is 36.7 Å². The largest absolute Gasteiger partial charge is 0.354 e. The van der Waals surface area contributed by atoms with Crippen LogP contribution in [0.2, 0.25) is 0 Å². The molecule has 1 atom stereocenters. The summed E-state index contributed by atoms with van der Waals surface area (Å²) in [5.74, 6) is 2.07. The lowest BCUT2D eigenvalue weighted by Crippen LogP contribution is -2.42. The number of carbonyl (C=O) groups is 1. The summed E-state index contributed by atoms with van der Waals surface area (Å²) in [5.41, 5.74) is 1.21. The minimum atomic E-state index is -0.241. The molecule has 4 heterocycles. The van der Waals surface area contributed by atoms with E-state index in [1.807, 2.05) is 4.57 Å². The van der Waals surface area contributed by atoms with Crippen LogP contribution in [0.3, 0.4) is 0 Å². The van der Waals surface area contributed by atoms with Crippen LogP contribution in [0, 0.1) is 0 Å². The first-order chi connectivity index (χ1) is 14.2. The van der Waals surface area contributed by atoms with Gasteiger partial charge in [-0.25, -0.2) is 9.97 Å². The number of nitrogens with zero attached hydrogens (tertiary/aromatic N) is 8. The lowest BCUT2D eigenvalue weighted by atomic mass is 10.0. The highest BCUT2D eigenvalue weighted by atomic mass is 16.1. The van der Waals surface area contributed by atoms with Crippen LogP contribution in [0.15, 0.2) is 25.0 Å². The van der Waals surface area contributed by atoms with Crippen LogP contribution in [0.25, 0.3) is 11.6 Å². The topological polar surface area (TPSA) is 107 Å². The third kappa shape index (κ3) is 2.78. The standard InChI is InChI=1S/C19H23N9O/c1-3-14-17-25-23-11-27(17)15-8-21-19(26-9-13(22-10-26)18(29)20-2)24-16(15)28(14)12-6-4-5-7-12/h8-12,14H,3-7H2,1-2H3,(H,20,29)/t14-/m1/s1. The van der Waals surface area contributed by atoms with E-state index >= 15 is 0 Å². The molecular weight excluding hydrogens is 370 g/mol. The Morgan fingerprint density at radius 1 is 1.24 bits per heavy atom. The Hall–Kier alpha value is -3.30. The third-order valence-corrected chi connectivity index (χ3v) is 5.83. The average molecular weight is 393 g/mol. The number of imidazole rings is 1. The summed E-state index contributed by atoms with van der Waals surface area (Å²) in [6.07, 6.45) is 12.4. The minimum absolute atomic E-state index is 0.125. The monoisotopic (exact) mass is 393 g/mol. The Labute approximate surface area is 168 Å². The molecule has 3 aromatic rings. The van der Waals surface area contributed by atoms with Crippen molar-refractivity contribution in [3.63, 3.8) is 0 Å². The molecule has 0 aromatic carbocycles. The van der Waals surface area contributed by atoms with Gasteiger partial charge in [-0.3, -0.25) is 13.9 Å². The summed E-state index contributed by atoms with van der Waals surface area (Å²) in [6.45, 7) is 2.17. The highest BCUT2D eigenvalue weighted by molar-refractivity contribution is 5.91. The molecule has 0 radical (unpaired) electrons. The molecule has 1 aliphatic carbocycles. The highest BCUT2D eigenvalue weighted by Crippen LogP contribution is 2.42. The second-order valence-electron chi connectivity index (χ2n) is 7.45. The zero-order chi connectivity index (χ0) is 20.0. The normalized spacial score (nSPS) is 18.6. The summed E-state index contributed by atoms with van der Waals surface area (Å²) in [7, 11) is 1.58. The molecule has 3 aromatic heterocycles. The van der Waals surface area contributed by atoms with Gasteiger partial charge in [-0.15, -0.1) is 10.2 Å². The van der Waals surface area contributed by atoms with Crippen molar-refractivity contribution in [3.8, 4) is 11.6 Å². The van der Waals surface area contributed by atoms with Crippen LogP contribution < -0.4 is 10.2 Å². The second kappa shape index (κ2) is 6.94. The molecule has 0 bridgehead atoms. The maximum absolute atomic E-state index is 11.9. The molecule has 1 fully saturated rings. The zero-order valence-corrected chi connectivity index (χ0v) is 16.5. The van der Waals surface area contributed by atoms with E-state index in [0.717, 1.165) is 36.6 Å². The molecule has 2 aliphatic rings. The van der Waals surface area contributed by atoms with E-state index in [9.17, 15) is 4.79 Å². The number of aromatic nitrogens is 7. The molecule has 10 heteroatoms. The van der Waals surface area contributed by atoms with E-state index in [1.165, 1.54) is 12.8 Å². The third-order valence-electron chi connectivity index (χ3n) is 5.83. The van der Waals surface area contributed by atoms with E-state index < -0.39 is 0 Å². The number of rotatable bonds is 4. The van der Waals surface area contributed by atoms with Crippen molar-refractivity contribution in [2.24, 2.45) is 0 Å². The fourth-order valence-corrected chi connectivity index (χ4v) is 4.44. The molecule has 10 nitrogen and oxygen atoms in total. The van der Waals surface area contributed by atoms with Gasteiger partial charge in [0.2, 0.25) is 5.95 Å². The molecule has 1 N–H and O–H groups in total. The van der Waals surface area contributed by atoms with Crippen molar-refractivity contribution in [2.75, 3.05) is 11.9 Å². The van der Waals surface area contributed by atoms with Gasteiger partial charge in [-0.2, -0.15) is 4.98 Å². The lowest BCUT2D eigenvalue weighted by molar-refractivity contribution is 0.0958. The van der Waals surface area contributed by atoms with Crippen LogP contribution in [0.4, 0.5) is 5.82 Å². The van der Waals surface area contributed by atoms with Gasteiger partial charge < -0.3 is 10.2 Å². The van der Waals surface area contributed by atoms with Crippen LogP contribution in [0.5, 0.6) is 0 Å². The Morgan fingerprint density at radius 3 is 2.83 bits per heavy atom. The molecule has 150 valence electrons. The number of nitrogens with one attached hydrogen (secondary N) is 1. The zero-order valence-electron chi connectivity index (χ0n) is 16.5. The number of carbonyl (C=O) groups excluding carboxylic acids is 1. The Bertz CT molecular complexity index is 1050. The van der Waals surface area contributed by atoms with E-state index in [0.29, 0.717) is 17.7 Å². The minimum Gasteiger partial charge on any atom is -0.354 e. The lowest BCUT2D eigenvalue weighted by Gasteiger charge is -2.40. The number of amides is 1. The van der Waals surface area contributed by atoms with Gasteiger partial charge in [-0.1, -0.05) is 19.8 Å². The molecule has 1 aliphatic heterocycles. The number of hydrogen-bond acceptors (Lipinski definition) is 7. The maximum Gasteiger partial charge on any atom is 0.271 e. The first kappa shape index (κ1) is 17.8. The van der Waals surface area contributed by atoms with E-state index in [-0.39, 0.29) is 11.9 Å². The predicted molar refractivity (Wildman–Crippen MR) is 105 cm³/mol. The summed E-state index contributed by atoms with van der Waals surface area (Å²) in [4.78, 5) is 27.9. The second-order valence-corrected chi connectivity index (χ2v) is 7.45. The van der Waals surface area contributed by atoms with Crippen LogP contribution in [-0.4, -0.2) is 53.3 Å². The van der Waals surface area contributed by atoms with Gasteiger partial charge in [0.05, 0.1) is 12.2 Å². The van der Waals surface area contributed by atoms with Gasteiger partial charge in [0.15, 0.2) is 11.6 Å². The fourth-order valence-electron chi connectivity index (χ4n) is 4.44. The van der Waals surface area contributed by atoms with Crippen molar-refractivity contribution < 1.29 is 4.79 Å².